The Balaban J connectivity index is 1.27. The molecule has 1 amide bonds. The number of fused-ring (bicyclic) bond motifs is 1. The van der Waals surface area contributed by atoms with Crippen molar-refractivity contribution in [2.75, 3.05) is 13.2 Å². The zero-order valence-electron chi connectivity index (χ0n) is 16.4. The van der Waals surface area contributed by atoms with Gasteiger partial charge in [0.15, 0.2) is 0 Å². The summed E-state index contributed by atoms with van der Waals surface area (Å²) in [4.78, 5) is 17.6. The average Bonchev–Trinajstić information content (AvgIpc) is 3.21. The molecule has 0 bridgehead atoms. The van der Waals surface area contributed by atoms with Crippen molar-refractivity contribution < 1.29 is 9.53 Å². The minimum Gasteiger partial charge on any atom is -0.377 e. The highest BCUT2D eigenvalue weighted by atomic mass is 32.1. The Morgan fingerprint density at radius 3 is 2.72 bits per heavy atom. The summed E-state index contributed by atoms with van der Waals surface area (Å²) in [5.41, 5.74) is 2.20. The monoisotopic (exact) mass is 406 g/mol. The molecule has 0 aliphatic heterocycles. The first-order valence-corrected chi connectivity index (χ1v) is 11.0. The van der Waals surface area contributed by atoms with Gasteiger partial charge in [0.25, 0.3) is 0 Å². The number of rotatable bonds is 8. The van der Waals surface area contributed by atoms with Gasteiger partial charge >= 0.3 is 0 Å². The molecule has 0 fully saturated rings. The summed E-state index contributed by atoms with van der Waals surface area (Å²) in [7, 11) is 0. The van der Waals surface area contributed by atoms with Crippen LogP contribution < -0.4 is 5.32 Å². The summed E-state index contributed by atoms with van der Waals surface area (Å²) in [5.74, 6) is 0.235. The number of aromatic nitrogens is 1. The summed E-state index contributed by atoms with van der Waals surface area (Å²) in [6.07, 6.45) is 6.76. The summed E-state index contributed by atoms with van der Waals surface area (Å²) in [6.45, 7) is 1.89. The number of benzene rings is 2. The van der Waals surface area contributed by atoms with E-state index in [1.807, 2.05) is 36.4 Å². The maximum Gasteiger partial charge on any atom is 0.224 e. The van der Waals surface area contributed by atoms with E-state index in [2.05, 4.69) is 35.7 Å². The van der Waals surface area contributed by atoms with E-state index in [1.165, 1.54) is 10.3 Å². The largest absolute Gasteiger partial charge is 0.377 e. The molecule has 0 unspecified atom stereocenters. The van der Waals surface area contributed by atoms with Crippen LogP contribution in [0, 0.1) is 5.92 Å². The quantitative estimate of drug-likeness (QED) is 0.420. The van der Waals surface area contributed by atoms with Crippen molar-refractivity contribution in [2.24, 2.45) is 5.92 Å². The topological polar surface area (TPSA) is 51.2 Å². The molecule has 5 heteroatoms. The van der Waals surface area contributed by atoms with Crippen LogP contribution in [0.25, 0.3) is 10.2 Å². The molecule has 1 aliphatic carbocycles. The highest BCUT2D eigenvalue weighted by Gasteiger charge is 2.32. The maximum absolute atomic E-state index is 12.8. The predicted molar refractivity (Wildman–Crippen MR) is 118 cm³/mol. The van der Waals surface area contributed by atoms with Crippen molar-refractivity contribution in [3.8, 4) is 0 Å². The Morgan fingerprint density at radius 1 is 1.07 bits per heavy atom. The van der Waals surface area contributed by atoms with Gasteiger partial charge in [-0.15, -0.1) is 11.3 Å². The zero-order valence-corrected chi connectivity index (χ0v) is 17.2. The summed E-state index contributed by atoms with van der Waals surface area (Å²) in [6, 6.07) is 18.3. The van der Waals surface area contributed by atoms with Crippen LogP contribution >= 0.6 is 11.3 Å². The summed E-state index contributed by atoms with van der Waals surface area (Å²) < 4.78 is 6.89. The molecule has 1 N–H and O–H groups in total. The van der Waals surface area contributed by atoms with Crippen molar-refractivity contribution in [2.45, 2.75) is 31.8 Å². The van der Waals surface area contributed by atoms with Crippen LogP contribution in [0.3, 0.4) is 0 Å². The molecule has 0 saturated carbocycles. The minimum absolute atomic E-state index is 0.0502. The molecule has 2 aromatic carbocycles. The minimum atomic E-state index is -0.0502. The lowest BCUT2D eigenvalue weighted by Gasteiger charge is -2.26. The number of nitrogens with one attached hydrogen (secondary N) is 1. The molecule has 0 saturated heterocycles. The third-order valence-corrected chi connectivity index (χ3v) is 6.44. The lowest BCUT2D eigenvalue weighted by molar-refractivity contribution is -0.125. The lowest BCUT2D eigenvalue weighted by Crippen LogP contribution is -2.35. The van der Waals surface area contributed by atoms with Crippen molar-refractivity contribution >= 4 is 27.5 Å². The summed E-state index contributed by atoms with van der Waals surface area (Å²) >= 11 is 1.71. The van der Waals surface area contributed by atoms with Crippen LogP contribution in [0.4, 0.5) is 0 Å². The van der Waals surface area contributed by atoms with E-state index in [4.69, 9.17) is 9.72 Å². The van der Waals surface area contributed by atoms with Gasteiger partial charge < -0.3 is 10.1 Å². The van der Waals surface area contributed by atoms with E-state index in [0.29, 0.717) is 19.8 Å². The molecule has 29 heavy (non-hydrogen) atoms. The van der Waals surface area contributed by atoms with Crippen LogP contribution in [0.2, 0.25) is 0 Å². The van der Waals surface area contributed by atoms with Gasteiger partial charge in [-0.1, -0.05) is 54.6 Å². The number of carbonyl (C=O) groups is 1. The number of thiazole rings is 1. The zero-order chi connectivity index (χ0) is 19.9. The van der Waals surface area contributed by atoms with Crippen LogP contribution in [0.1, 0.15) is 35.8 Å². The van der Waals surface area contributed by atoms with Crippen molar-refractivity contribution in [1.29, 1.82) is 0 Å². The molecule has 4 rings (SSSR count). The summed E-state index contributed by atoms with van der Waals surface area (Å²) in [5, 5.41) is 4.18. The molecule has 1 aliphatic rings. The van der Waals surface area contributed by atoms with Gasteiger partial charge in [0, 0.05) is 19.1 Å². The molecule has 3 aromatic rings. The molecular formula is C24H26N2O2S. The van der Waals surface area contributed by atoms with E-state index in [-0.39, 0.29) is 17.7 Å². The van der Waals surface area contributed by atoms with Gasteiger partial charge in [0.1, 0.15) is 0 Å². The number of nitrogens with zero attached hydrogens (tertiary/aromatic N) is 1. The molecule has 1 heterocycles. The Bertz CT molecular complexity index is 934. The van der Waals surface area contributed by atoms with Gasteiger partial charge in [0.2, 0.25) is 5.91 Å². The van der Waals surface area contributed by atoms with Crippen LogP contribution in [-0.2, 0) is 16.1 Å². The standard InChI is InChI=1S/C24H26N2O2S/c27-23(25-15-8-16-28-17-18-9-2-1-3-10-18)19-11-4-5-12-20(19)24-26-21-13-6-7-14-22(21)29-24/h1-7,9-10,13-14,19-20H,8,11-12,15-17H2,(H,25,27)/t19-,20+/m1/s1. The van der Waals surface area contributed by atoms with Gasteiger partial charge in [0.05, 0.1) is 27.7 Å². The highest BCUT2D eigenvalue weighted by molar-refractivity contribution is 7.18. The number of hydrogen-bond donors (Lipinski definition) is 1. The number of ether oxygens (including phenoxy) is 1. The van der Waals surface area contributed by atoms with Gasteiger partial charge in [-0.25, -0.2) is 4.98 Å². The van der Waals surface area contributed by atoms with Gasteiger partial charge in [-0.05, 0) is 37.0 Å². The van der Waals surface area contributed by atoms with Gasteiger partial charge in [-0.2, -0.15) is 0 Å². The fourth-order valence-electron chi connectivity index (χ4n) is 3.71. The number of allylic oxidation sites excluding steroid dienone is 2. The van der Waals surface area contributed by atoms with Crippen molar-refractivity contribution in [3.05, 3.63) is 77.3 Å². The van der Waals surface area contributed by atoms with E-state index >= 15 is 0 Å². The molecule has 150 valence electrons. The van der Waals surface area contributed by atoms with E-state index in [1.54, 1.807) is 11.3 Å². The average molecular weight is 407 g/mol. The van der Waals surface area contributed by atoms with E-state index < -0.39 is 0 Å². The van der Waals surface area contributed by atoms with Gasteiger partial charge in [-0.3, -0.25) is 4.79 Å². The maximum atomic E-state index is 12.8. The SMILES string of the molecule is O=C(NCCCOCc1ccccc1)[C@@H]1CC=CC[C@@H]1c1nc2ccccc2s1. The fourth-order valence-corrected chi connectivity index (χ4v) is 4.85. The highest BCUT2D eigenvalue weighted by Crippen LogP contribution is 2.38. The smallest absolute Gasteiger partial charge is 0.224 e. The Labute approximate surface area is 175 Å². The first-order valence-electron chi connectivity index (χ1n) is 10.2. The normalized spacial score (nSPS) is 18.8. The number of para-hydroxylation sites is 1. The first-order chi connectivity index (χ1) is 14.3. The second kappa shape index (κ2) is 9.81. The third kappa shape index (κ3) is 5.11. The van der Waals surface area contributed by atoms with Crippen molar-refractivity contribution in [3.63, 3.8) is 0 Å². The predicted octanol–water partition coefficient (Wildman–Crippen LogP) is 5.07. The third-order valence-electron chi connectivity index (χ3n) is 5.27. The number of amides is 1. The van der Waals surface area contributed by atoms with Crippen molar-refractivity contribution in [1.82, 2.24) is 10.3 Å². The molecule has 1 aromatic heterocycles. The Morgan fingerprint density at radius 2 is 1.86 bits per heavy atom. The Kier molecular flexibility index (Phi) is 6.70. The van der Waals surface area contributed by atoms with E-state index in [9.17, 15) is 4.79 Å². The molecule has 0 radical (unpaired) electrons. The van der Waals surface area contributed by atoms with Crippen LogP contribution in [0.5, 0.6) is 0 Å². The number of carbonyl (C=O) groups excluding carboxylic acids is 1. The Hall–Kier alpha value is -2.50. The number of hydrogen-bond acceptors (Lipinski definition) is 4. The molecule has 2 atom stereocenters. The second-order valence-corrected chi connectivity index (χ2v) is 8.42. The van der Waals surface area contributed by atoms with E-state index in [0.717, 1.165) is 29.8 Å². The molecule has 4 nitrogen and oxygen atoms in total. The fraction of sp³-hybridized carbons (Fsp3) is 0.333. The van der Waals surface area contributed by atoms with Crippen LogP contribution in [0.15, 0.2) is 66.7 Å². The second-order valence-electron chi connectivity index (χ2n) is 7.36. The first kappa shape index (κ1) is 19.8. The molecular weight excluding hydrogens is 380 g/mol. The van der Waals surface area contributed by atoms with Crippen LogP contribution in [-0.4, -0.2) is 24.0 Å². The lowest BCUT2D eigenvalue weighted by atomic mass is 9.82. The molecule has 0 spiro atoms.